The molecule has 0 unspecified atom stereocenters. The predicted molar refractivity (Wildman–Crippen MR) is 85.2 cm³/mol. The van der Waals surface area contributed by atoms with Crippen molar-refractivity contribution in [1.29, 1.82) is 0 Å². The summed E-state index contributed by atoms with van der Waals surface area (Å²) in [4.78, 5) is 26.5. The Balaban J connectivity index is 1.59. The molecule has 2 heterocycles. The Kier molecular flexibility index (Phi) is 3.40. The van der Waals surface area contributed by atoms with Gasteiger partial charge in [-0.2, -0.15) is 0 Å². The van der Waals surface area contributed by atoms with Crippen molar-refractivity contribution in [2.75, 3.05) is 11.4 Å². The fourth-order valence-electron chi connectivity index (χ4n) is 4.13. The highest BCUT2D eigenvalue weighted by Gasteiger charge is 2.33. The van der Waals surface area contributed by atoms with Gasteiger partial charge in [0.2, 0.25) is 5.91 Å². The average molecular weight is 298 g/mol. The molecule has 4 rings (SSSR count). The molecule has 4 nitrogen and oxygen atoms in total. The number of nitrogens with one attached hydrogen (secondary N) is 1. The van der Waals surface area contributed by atoms with Crippen molar-refractivity contribution in [3.05, 3.63) is 28.8 Å². The Morgan fingerprint density at radius 3 is 2.68 bits per heavy atom. The lowest BCUT2D eigenvalue weighted by Gasteiger charge is -2.26. The van der Waals surface area contributed by atoms with E-state index >= 15 is 0 Å². The third-order valence-corrected chi connectivity index (χ3v) is 5.21. The number of hydrogen-bond donors (Lipinski definition) is 1. The van der Waals surface area contributed by atoms with Gasteiger partial charge in [-0.25, -0.2) is 0 Å². The maximum atomic E-state index is 12.6. The van der Waals surface area contributed by atoms with Gasteiger partial charge in [0.15, 0.2) is 0 Å². The molecule has 2 aliphatic heterocycles. The molecule has 3 aliphatic rings. The van der Waals surface area contributed by atoms with E-state index in [2.05, 4.69) is 5.32 Å². The zero-order chi connectivity index (χ0) is 15.1. The summed E-state index contributed by atoms with van der Waals surface area (Å²) in [7, 11) is 0. The molecular weight excluding hydrogens is 276 g/mol. The molecule has 0 aromatic heterocycles. The summed E-state index contributed by atoms with van der Waals surface area (Å²) >= 11 is 0. The Bertz CT molecular complexity index is 632. The van der Waals surface area contributed by atoms with Crippen LogP contribution in [0.1, 0.15) is 60.0 Å². The maximum absolute atomic E-state index is 12.6. The van der Waals surface area contributed by atoms with Crippen molar-refractivity contribution in [3.8, 4) is 0 Å². The van der Waals surface area contributed by atoms with Crippen LogP contribution >= 0.6 is 0 Å². The van der Waals surface area contributed by atoms with E-state index in [1.165, 1.54) is 24.8 Å². The molecule has 0 spiro atoms. The number of carbonyl (C=O) groups excluding carboxylic acids is 2. The third-order valence-electron chi connectivity index (χ3n) is 5.21. The fraction of sp³-hybridized carbons (Fsp3) is 0.556. The van der Waals surface area contributed by atoms with Gasteiger partial charge < -0.3 is 10.2 Å². The quantitative estimate of drug-likeness (QED) is 0.912. The average Bonchev–Trinajstić information content (AvgIpc) is 2.86. The van der Waals surface area contributed by atoms with Crippen LogP contribution in [0.3, 0.4) is 0 Å². The molecule has 0 saturated heterocycles. The lowest BCUT2D eigenvalue weighted by atomic mass is 9.94. The number of benzene rings is 1. The van der Waals surface area contributed by atoms with Gasteiger partial charge in [0.05, 0.1) is 12.1 Å². The molecule has 0 bridgehead atoms. The topological polar surface area (TPSA) is 49.4 Å². The minimum absolute atomic E-state index is 0.0300. The van der Waals surface area contributed by atoms with Crippen LogP contribution in [-0.2, 0) is 17.6 Å². The molecule has 116 valence electrons. The Morgan fingerprint density at radius 2 is 1.86 bits per heavy atom. The normalized spacial score (nSPS) is 20.9. The van der Waals surface area contributed by atoms with Crippen molar-refractivity contribution >= 4 is 17.5 Å². The number of anilines is 1. The number of amides is 2. The molecule has 1 fully saturated rings. The first-order valence-corrected chi connectivity index (χ1v) is 8.49. The van der Waals surface area contributed by atoms with Gasteiger partial charge in [0, 0.05) is 18.2 Å². The number of hydrogen-bond acceptors (Lipinski definition) is 2. The number of carbonyl (C=O) groups is 2. The Morgan fingerprint density at radius 1 is 1.09 bits per heavy atom. The highest BCUT2D eigenvalue weighted by atomic mass is 16.2. The summed E-state index contributed by atoms with van der Waals surface area (Å²) in [6.45, 7) is 0.826. The van der Waals surface area contributed by atoms with Gasteiger partial charge in [-0.3, -0.25) is 9.59 Å². The molecule has 1 N–H and O–H groups in total. The second-order valence-electron chi connectivity index (χ2n) is 6.78. The van der Waals surface area contributed by atoms with Gasteiger partial charge >= 0.3 is 0 Å². The van der Waals surface area contributed by atoms with Crippen LogP contribution in [0.5, 0.6) is 0 Å². The summed E-state index contributed by atoms with van der Waals surface area (Å²) in [6, 6.07) is 4.26. The summed E-state index contributed by atoms with van der Waals surface area (Å²) in [5, 5.41) is 3.18. The second kappa shape index (κ2) is 5.41. The first kappa shape index (κ1) is 13.8. The first-order valence-electron chi connectivity index (χ1n) is 8.49. The second-order valence-corrected chi connectivity index (χ2v) is 6.78. The van der Waals surface area contributed by atoms with Crippen molar-refractivity contribution in [2.45, 2.75) is 57.4 Å². The first-order chi connectivity index (χ1) is 10.7. The van der Waals surface area contributed by atoms with Gasteiger partial charge in [0.25, 0.3) is 5.91 Å². The van der Waals surface area contributed by atoms with E-state index in [1.807, 2.05) is 17.0 Å². The maximum Gasteiger partial charge on any atom is 0.251 e. The van der Waals surface area contributed by atoms with Crippen LogP contribution in [-0.4, -0.2) is 24.4 Å². The van der Waals surface area contributed by atoms with Crippen molar-refractivity contribution in [2.24, 2.45) is 0 Å². The van der Waals surface area contributed by atoms with E-state index in [-0.39, 0.29) is 11.8 Å². The lowest BCUT2D eigenvalue weighted by Crippen LogP contribution is -2.36. The number of nitrogens with zero attached hydrogens (tertiary/aromatic N) is 1. The molecule has 1 aromatic rings. The smallest absolute Gasteiger partial charge is 0.251 e. The molecule has 0 radical (unpaired) electrons. The van der Waals surface area contributed by atoms with Crippen LogP contribution in [0.25, 0.3) is 0 Å². The van der Waals surface area contributed by atoms with Crippen LogP contribution in [0.4, 0.5) is 5.69 Å². The molecule has 1 saturated carbocycles. The Labute approximate surface area is 130 Å². The minimum Gasteiger partial charge on any atom is -0.349 e. The highest BCUT2D eigenvalue weighted by molar-refractivity contribution is 6.04. The van der Waals surface area contributed by atoms with Crippen LogP contribution in [0.2, 0.25) is 0 Å². The van der Waals surface area contributed by atoms with E-state index in [0.717, 1.165) is 49.0 Å². The molecule has 2 amide bonds. The largest absolute Gasteiger partial charge is 0.349 e. The lowest BCUT2D eigenvalue weighted by molar-refractivity contribution is -0.117. The minimum atomic E-state index is 0.0300. The summed E-state index contributed by atoms with van der Waals surface area (Å²) in [5.74, 6) is 0.211. The van der Waals surface area contributed by atoms with Crippen molar-refractivity contribution < 1.29 is 9.59 Å². The zero-order valence-corrected chi connectivity index (χ0v) is 12.9. The number of aryl methyl sites for hydroxylation is 1. The van der Waals surface area contributed by atoms with Crippen LogP contribution in [0, 0.1) is 0 Å². The van der Waals surface area contributed by atoms with E-state index in [0.29, 0.717) is 12.5 Å². The zero-order valence-electron chi connectivity index (χ0n) is 12.9. The van der Waals surface area contributed by atoms with Crippen LogP contribution < -0.4 is 10.2 Å². The van der Waals surface area contributed by atoms with E-state index < -0.39 is 0 Å². The SMILES string of the molecule is O=C(NC1CCCCC1)c1cc2c3c(c1)CC(=O)N3CCC2. The van der Waals surface area contributed by atoms with Crippen LogP contribution in [0.15, 0.2) is 12.1 Å². The molecular formula is C18H22N2O2. The summed E-state index contributed by atoms with van der Waals surface area (Å²) < 4.78 is 0. The standard InChI is InChI=1S/C18H22N2O2/c21-16-11-13-10-14(9-12-5-4-8-20(16)17(12)13)18(22)19-15-6-2-1-3-7-15/h9-10,15H,1-8,11H2,(H,19,22). The van der Waals surface area contributed by atoms with Gasteiger partial charge in [-0.1, -0.05) is 19.3 Å². The van der Waals surface area contributed by atoms with Crippen molar-refractivity contribution in [1.82, 2.24) is 5.32 Å². The monoisotopic (exact) mass is 298 g/mol. The van der Waals surface area contributed by atoms with E-state index in [1.54, 1.807) is 0 Å². The van der Waals surface area contributed by atoms with Gasteiger partial charge in [-0.05, 0) is 48.9 Å². The molecule has 1 aliphatic carbocycles. The molecule has 0 atom stereocenters. The van der Waals surface area contributed by atoms with Crippen molar-refractivity contribution in [3.63, 3.8) is 0 Å². The molecule has 1 aromatic carbocycles. The molecule has 22 heavy (non-hydrogen) atoms. The fourth-order valence-corrected chi connectivity index (χ4v) is 4.13. The van der Waals surface area contributed by atoms with Gasteiger partial charge in [0.1, 0.15) is 0 Å². The third kappa shape index (κ3) is 2.31. The van der Waals surface area contributed by atoms with Gasteiger partial charge in [-0.15, -0.1) is 0 Å². The Hall–Kier alpha value is -1.84. The number of rotatable bonds is 2. The highest BCUT2D eigenvalue weighted by Crippen LogP contribution is 2.37. The predicted octanol–water partition coefficient (Wildman–Crippen LogP) is 2.58. The molecule has 4 heteroatoms. The van der Waals surface area contributed by atoms with E-state index in [4.69, 9.17) is 0 Å². The summed E-state index contributed by atoms with van der Waals surface area (Å²) in [5.41, 5.74) is 4.03. The summed E-state index contributed by atoms with van der Waals surface area (Å²) in [6.07, 6.45) is 8.31. The van der Waals surface area contributed by atoms with E-state index in [9.17, 15) is 9.59 Å².